The molecule has 4 nitrogen and oxygen atoms in total. The third-order valence-corrected chi connectivity index (χ3v) is 3.60. The lowest BCUT2D eigenvalue weighted by Gasteiger charge is -2.35. The van der Waals surface area contributed by atoms with Crippen LogP contribution in [0, 0.1) is 0 Å². The maximum absolute atomic E-state index is 12.4. The summed E-state index contributed by atoms with van der Waals surface area (Å²) in [4.78, 5) is 14.3. The summed E-state index contributed by atoms with van der Waals surface area (Å²) in [5.41, 5.74) is 6.34. The minimum atomic E-state index is -0.470. The topological polar surface area (TPSA) is 55.6 Å². The zero-order chi connectivity index (χ0) is 13.8. The van der Waals surface area contributed by atoms with Crippen LogP contribution in [-0.4, -0.2) is 29.5 Å². The van der Waals surface area contributed by atoms with Gasteiger partial charge in [0.05, 0.1) is 0 Å². The first-order chi connectivity index (χ1) is 9.08. The van der Waals surface area contributed by atoms with Gasteiger partial charge in [0.25, 0.3) is 5.91 Å². The molecule has 1 aromatic rings. The summed E-state index contributed by atoms with van der Waals surface area (Å²) in [7, 11) is 0. The van der Waals surface area contributed by atoms with E-state index in [9.17, 15) is 4.79 Å². The lowest BCUT2D eigenvalue weighted by Crippen LogP contribution is -2.47. The average Bonchev–Trinajstić information content (AvgIpc) is 2.38. The molecule has 1 amide bonds. The molecule has 19 heavy (non-hydrogen) atoms. The largest absolute Gasteiger partial charge is 0.481 e. The van der Waals surface area contributed by atoms with Crippen molar-refractivity contribution in [2.24, 2.45) is 0 Å². The molecule has 1 aliphatic heterocycles. The predicted molar refractivity (Wildman–Crippen MR) is 76.0 cm³/mol. The molecule has 1 fully saturated rings. The standard InChI is InChI=1S/C15H22N2O2/c1-11-6-3-4-9-17(11)15(18)12(2)19-14-8-5-7-13(16)10-14/h5,7-8,10-12H,3-4,6,9,16H2,1-2H3/t11-,12-/m0/s1. The summed E-state index contributed by atoms with van der Waals surface area (Å²) in [6.45, 7) is 4.74. The number of rotatable bonds is 3. The maximum Gasteiger partial charge on any atom is 0.263 e. The lowest BCUT2D eigenvalue weighted by molar-refractivity contribution is -0.141. The van der Waals surface area contributed by atoms with Crippen LogP contribution in [0.2, 0.25) is 0 Å². The number of likely N-dealkylation sites (tertiary alicyclic amines) is 1. The van der Waals surface area contributed by atoms with Crippen LogP contribution in [0.3, 0.4) is 0 Å². The fourth-order valence-electron chi connectivity index (χ4n) is 2.50. The van der Waals surface area contributed by atoms with Crippen molar-refractivity contribution in [1.29, 1.82) is 0 Å². The Bertz CT molecular complexity index is 448. The molecule has 0 aliphatic carbocycles. The van der Waals surface area contributed by atoms with Crippen molar-refractivity contribution in [3.05, 3.63) is 24.3 Å². The van der Waals surface area contributed by atoms with Crippen LogP contribution < -0.4 is 10.5 Å². The lowest BCUT2D eigenvalue weighted by atomic mass is 10.0. The minimum Gasteiger partial charge on any atom is -0.481 e. The molecule has 1 aliphatic rings. The van der Waals surface area contributed by atoms with E-state index in [4.69, 9.17) is 10.5 Å². The molecule has 4 heteroatoms. The molecule has 0 aromatic heterocycles. The number of benzene rings is 1. The Balaban J connectivity index is 1.99. The van der Waals surface area contributed by atoms with Crippen molar-refractivity contribution in [1.82, 2.24) is 4.90 Å². The zero-order valence-electron chi connectivity index (χ0n) is 11.6. The highest BCUT2D eigenvalue weighted by Crippen LogP contribution is 2.20. The molecule has 1 aromatic carbocycles. The van der Waals surface area contributed by atoms with E-state index >= 15 is 0 Å². The predicted octanol–water partition coefficient (Wildman–Crippen LogP) is 2.44. The van der Waals surface area contributed by atoms with E-state index in [1.807, 2.05) is 17.0 Å². The Hall–Kier alpha value is -1.71. The number of hydrogen-bond donors (Lipinski definition) is 1. The first kappa shape index (κ1) is 13.7. The number of hydrogen-bond acceptors (Lipinski definition) is 3. The second kappa shape index (κ2) is 5.95. The van der Waals surface area contributed by atoms with Crippen LogP contribution in [0.1, 0.15) is 33.1 Å². The van der Waals surface area contributed by atoms with Crippen molar-refractivity contribution in [3.8, 4) is 5.75 Å². The normalized spacial score (nSPS) is 20.9. The molecule has 0 bridgehead atoms. The molecule has 1 saturated heterocycles. The first-order valence-corrected chi connectivity index (χ1v) is 6.90. The van der Waals surface area contributed by atoms with Gasteiger partial charge in [-0.2, -0.15) is 0 Å². The number of nitrogens with zero attached hydrogens (tertiary/aromatic N) is 1. The number of ether oxygens (including phenoxy) is 1. The molecule has 0 radical (unpaired) electrons. The highest BCUT2D eigenvalue weighted by Gasteiger charge is 2.27. The molecule has 0 unspecified atom stereocenters. The van der Waals surface area contributed by atoms with Gasteiger partial charge in [-0.15, -0.1) is 0 Å². The summed E-state index contributed by atoms with van der Waals surface area (Å²) in [6, 6.07) is 7.49. The van der Waals surface area contributed by atoms with Gasteiger partial charge in [-0.05, 0) is 45.2 Å². The van der Waals surface area contributed by atoms with Crippen molar-refractivity contribution in [2.75, 3.05) is 12.3 Å². The number of amides is 1. The van der Waals surface area contributed by atoms with Crippen molar-refractivity contribution in [2.45, 2.75) is 45.3 Å². The molecule has 2 N–H and O–H groups in total. The van der Waals surface area contributed by atoms with Gasteiger partial charge < -0.3 is 15.4 Å². The Kier molecular flexibility index (Phi) is 4.30. The number of nitrogen functional groups attached to an aromatic ring is 1. The Morgan fingerprint density at radius 2 is 2.26 bits per heavy atom. The van der Waals surface area contributed by atoms with Gasteiger partial charge in [-0.25, -0.2) is 0 Å². The summed E-state index contributed by atoms with van der Waals surface area (Å²) in [5, 5.41) is 0. The van der Waals surface area contributed by atoms with Crippen LogP contribution in [0.4, 0.5) is 5.69 Å². The zero-order valence-corrected chi connectivity index (χ0v) is 11.6. The quantitative estimate of drug-likeness (QED) is 0.851. The highest BCUT2D eigenvalue weighted by atomic mass is 16.5. The summed E-state index contributed by atoms with van der Waals surface area (Å²) in [6.07, 6.45) is 2.90. The Morgan fingerprint density at radius 3 is 2.95 bits per heavy atom. The van der Waals surface area contributed by atoms with Gasteiger partial charge in [-0.1, -0.05) is 6.07 Å². The van der Waals surface area contributed by atoms with Gasteiger partial charge in [0.15, 0.2) is 6.10 Å². The number of anilines is 1. The van der Waals surface area contributed by atoms with Gasteiger partial charge in [0.2, 0.25) is 0 Å². The number of carbonyl (C=O) groups is 1. The highest BCUT2D eigenvalue weighted by molar-refractivity contribution is 5.81. The first-order valence-electron chi connectivity index (χ1n) is 6.90. The summed E-state index contributed by atoms with van der Waals surface area (Å²) in [5.74, 6) is 0.708. The van der Waals surface area contributed by atoms with Crippen LogP contribution in [0.15, 0.2) is 24.3 Å². The van der Waals surface area contributed by atoms with E-state index in [-0.39, 0.29) is 5.91 Å². The van der Waals surface area contributed by atoms with Crippen molar-refractivity contribution < 1.29 is 9.53 Å². The number of carbonyl (C=O) groups excluding carboxylic acids is 1. The van der Waals surface area contributed by atoms with Crippen LogP contribution >= 0.6 is 0 Å². The molecule has 1 heterocycles. The second-order valence-corrected chi connectivity index (χ2v) is 5.21. The third kappa shape index (κ3) is 3.40. The molecule has 0 saturated carbocycles. The third-order valence-electron chi connectivity index (χ3n) is 3.60. The van der Waals surface area contributed by atoms with Crippen molar-refractivity contribution >= 4 is 11.6 Å². The molecular formula is C15H22N2O2. The van der Waals surface area contributed by atoms with Gasteiger partial charge >= 0.3 is 0 Å². The minimum absolute atomic E-state index is 0.0645. The maximum atomic E-state index is 12.4. The molecule has 2 atom stereocenters. The van der Waals surface area contributed by atoms with E-state index in [1.165, 1.54) is 6.42 Å². The fourth-order valence-corrected chi connectivity index (χ4v) is 2.50. The van der Waals surface area contributed by atoms with Crippen molar-refractivity contribution in [3.63, 3.8) is 0 Å². The van der Waals surface area contributed by atoms with E-state index in [0.29, 0.717) is 17.5 Å². The van der Waals surface area contributed by atoms with E-state index in [1.54, 1.807) is 19.1 Å². The van der Waals surface area contributed by atoms with Gasteiger partial charge in [-0.3, -0.25) is 4.79 Å². The monoisotopic (exact) mass is 262 g/mol. The van der Waals surface area contributed by atoms with Crippen LogP contribution in [0.25, 0.3) is 0 Å². The molecule has 104 valence electrons. The average molecular weight is 262 g/mol. The smallest absolute Gasteiger partial charge is 0.263 e. The summed E-state index contributed by atoms with van der Waals surface area (Å²) >= 11 is 0. The molecule has 0 spiro atoms. The molecular weight excluding hydrogens is 240 g/mol. The van der Waals surface area contributed by atoms with E-state index in [2.05, 4.69) is 6.92 Å². The summed E-state index contributed by atoms with van der Waals surface area (Å²) < 4.78 is 5.69. The second-order valence-electron chi connectivity index (χ2n) is 5.21. The molecule has 2 rings (SSSR count). The number of nitrogens with two attached hydrogens (primary N) is 1. The van der Waals surface area contributed by atoms with Gasteiger partial charge in [0.1, 0.15) is 5.75 Å². The Morgan fingerprint density at radius 1 is 1.47 bits per heavy atom. The van der Waals surface area contributed by atoms with Gasteiger partial charge in [0, 0.05) is 24.3 Å². The SMILES string of the molecule is C[C@H](Oc1cccc(N)c1)C(=O)N1CCCC[C@@H]1C. The fraction of sp³-hybridized carbons (Fsp3) is 0.533. The van der Waals surface area contributed by atoms with E-state index < -0.39 is 6.10 Å². The number of piperidine rings is 1. The Labute approximate surface area is 114 Å². The van der Waals surface area contributed by atoms with Crippen LogP contribution in [-0.2, 0) is 4.79 Å². The van der Waals surface area contributed by atoms with E-state index in [0.717, 1.165) is 19.4 Å². The van der Waals surface area contributed by atoms with Crippen LogP contribution in [0.5, 0.6) is 5.75 Å².